The molecule has 1 aliphatic rings. The minimum atomic E-state index is -3.46. The maximum atomic E-state index is 12.7. The molecule has 108 valence electrons. The van der Waals surface area contributed by atoms with Crippen LogP contribution < -0.4 is 0 Å². The fraction of sp³-hybridized carbons (Fsp3) is 0.636. The lowest BCUT2D eigenvalue weighted by atomic mass is 9.93. The van der Waals surface area contributed by atoms with E-state index in [-0.39, 0.29) is 6.04 Å². The van der Waals surface area contributed by atoms with Gasteiger partial charge in [0.15, 0.2) is 0 Å². The second kappa shape index (κ2) is 6.62. The summed E-state index contributed by atoms with van der Waals surface area (Å²) in [5, 5.41) is 0.439. The van der Waals surface area contributed by atoms with Crippen LogP contribution in [0, 0.1) is 0 Å². The molecule has 8 heteroatoms. The zero-order valence-electron chi connectivity index (χ0n) is 10.1. The fourth-order valence-corrected chi connectivity index (χ4v) is 6.33. The van der Waals surface area contributed by atoms with Gasteiger partial charge in [0.25, 0.3) is 10.0 Å². The highest BCUT2D eigenvalue weighted by molar-refractivity contribution is 9.11. The van der Waals surface area contributed by atoms with Gasteiger partial charge in [-0.3, -0.25) is 0 Å². The van der Waals surface area contributed by atoms with Gasteiger partial charge in [0.1, 0.15) is 4.21 Å². The largest absolute Gasteiger partial charge is 0.252 e. The topological polar surface area (TPSA) is 37.4 Å². The zero-order valence-corrected chi connectivity index (χ0v) is 14.8. The molecule has 0 radical (unpaired) electrons. The normalized spacial score (nSPS) is 16.8. The molecule has 1 aromatic heterocycles. The summed E-state index contributed by atoms with van der Waals surface area (Å²) in [4.78, 5) is 0. The minimum absolute atomic E-state index is 0.118. The number of rotatable bonds is 6. The van der Waals surface area contributed by atoms with Crippen molar-refractivity contribution < 1.29 is 8.42 Å². The van der Waals surface area contributed by atoms with Crippen LogP contribution in [0.4, 0.5) is 0 Å². The van der Waals surface area contributed by atoms with Crippen molar-refractivity contribution in [1.29, 1.82) is 0 Å². The first kappa shape index (κ1) is 16.0. The van der Waals surface area contributed by atoms with Crippen LogP contribution in [0.3, 0.4) is 0 Å². The van der Waals surface area contributed by atoms with E-state index in [1.807, 2.05) is 0 Å². The van der Waals surface area contributed by atoms with E-state index in [0.29, 0.717) is 31.9 Å². The van der Waals surface area contributed by atoms with Gasteiger partial charge in [-0.1, -0.05) is 18.0 Å². The van der Waals surface area contributed by atoms with Crippen LogP contribution in [0.2, 0.25) is 5.02 Å². The molecule has 0 bridgehead atoms. The molecule has 1 aromatic rings. The van der Waals surface area contributed by atoms with Crippen molar-refractivity contribution in [2.75, 3.05) is 12.4 Å². The highest BCUT2D eigenvalue weighted by Crippen LogP contribution is 2.38. The van der Waals surface area contributed by atoms with Crippen molar-refractivity contribution >= 4 is 60.5 Å². The molecule has 0 N–H and O–H groups in total. The van der Waals surface area contributed by atoms with Crippen molar-refractivity contribution in [1.82, 2.24) is 4.31 Å². The average molecular weight is 407 g/mol. The van der Waals surface area contributed by atoms with Crippen LogP contribution in [0.15, 0.2) is 14.1 Å². The molecule has 1 saturated carbocycles. The maximum absolute atomic E-state index is 12.7. The Balaban J connectivity index is 2.27. The summed E-state index contributed by atoms with van der Waals surface area (Å²) in [5.41, 5.74) is 0. The first-order chi connectivity index (χ1) is 8.96. The van der Waals surface area contributed by atoms with E-state index < -0.39 is 10.0 Å². The Hall–Kier alpha value is 0.670. The summed E-state index contributed by atoms with van der Waals surface area (Å²) < 4.78 is 27.8. The monoisotopic (exact) mass is 405 g/mol. The smallest absolute Gasteiger partial charge is 0.206 e. The van der Waals surface area contributed by atoms with Crippen LogP contribution in [0.5, 0.6) is 0 Å². The highest BCUT2D eigenvalue weighted by Gasteiger charge is 2.35. The molecule has 1 fully saturated rings. The minimum Gasteiger partial charge on any atom is -0.206 e. The Morgan fingerprint density at radius 2 is 2.16 bits per heavy atom. The lowest BCUT2D eigenvalue weighted by Crippen LogP contribution is -2.44. The van der Waals surface area contributed by atoms with E-state index in [1.165, 1.54) is 6.07 Å². The molecule has 0 amide bonds. The third-order valence-electron chi connectivity index (χ3n) is 3.18. The van der Waals surface area contributed by atoms with Gasteiger partial charge < -0.3 is 0 Å². The van der Waals surface area contributed by atoms with Crippen molar-refractivity contribution in [2.45, 2.75) is 35.9 Å². The van der Waals surface area contributed by atoms with Crippen molar-refractivity contribution in [3.63, 3.8) is 0 Å². The van der Waals surface area contributed by atoms with Crippen molar-refractivity contribution in [2.24, 2.45) is 0 Å². The van der Waals surface area contributed by atoms with E-state index in [1.54, 1.807) is 4.31 Å². The average Bonchev–Trinajstić information content (AvgIpc) is 2.63. The van der Waals surface area contributed by atoms with Gasteiger partial charge in [-0.2, -0.15) is 4.31 Å². The van der Waals surface area contributed by atoms with Crippen molar-refractivity contribution in [3.8, 4) is 0 Å². The summed E-state index contributed by atoms with van der Waals surface area (Å²) in [6, 6.07) is 1.63. The summed E-state index contributed by atoms with van der Waals surface area (Å²) in [6.07, 6.45) is 3.62. The van der Waals surface area contributed by atoms with Gasteiger partial charge in [-0.15, -0.1) is 22.9 Å². The van der Waals surface area contributed by atoms with Crippen LogP contribution in [0.25, 0.3) is 0 Å². The van der Waals surface area contributed by atoms with Crippen LogP contribution in [-0.4, -0.2) is 31.2 Å². The number of alkyl halides is 1. The number of thiophene rings is 1. The number of sulfonamides is 1. The summed E-state index contributed by atoms with van der Waals surface area (Å²) >= 11 is 16.0. The van der Waals surface area contributed by atoms with Crippen LogP contribution >= 0.6 is 50.5 Å². The third-order valence-corrected chi connectivity index (χ3v) is 8.32. The van der Waals surface area contributed by atoms with Gasteiger partial charge in [0.05, 0.1) is 8.81 Å². The lowest BCUT2D eigenvalue weighted by Gasteiger charge is -2.36. The predicted octanol–water partition coefficient (Wildman–Crippen LogP) is 4.34. The second-order valence-corrected chi connectivity index (χ2v) is 9.70. The third kappa shape index (κ3) is 3.47. The van der Waals surface area contributed by atoms with E-state index in [2.05, 4.69) is 15.9 Å². The molecular weight excluding hydrogens is 393 g/mol. The zero-order chi connectivity index (χ0) is 14.0. The van der Waals surface area contributed by atoms with E-state index in [9.17, 15) is 8.42 Å². The molecule has 0 unspecified atom stereocenters. The molecule has 0 spiro atoms. The Morgan fingerprint density at radius 3 is 2.58 bits per heavy atom. The Kier molecular flexibility index (Phi) is 5.59. The van der Waals surface area contributed by atoms with Crippen LogP contribution in [-0.2, 0) is 10.0 Å². The van der Waals surface area contributed by atoms with Gasteiger partial charge in [-0.25, -0.2) is 8.42 Å². The summed E-state index contributed by atoms with van der Waals surface area (Å²) in [6.45, 7) is 0.476. The molecule has 1 aliphatic carbocycles. The summed E-state index contributed by atoms with van der Waals surface area (Å²) in [5.74, 6) is 0.466. The Bertz CT molecular complexity index is 523. The molecule has 19 heavy (non-hydrogen) atoms. The van der Waals surface area contributed by atoms with Gasteiger partial charge in [0, 0.05) is 18.5 Å². The number of hydrogen-bond donors (Lipinski definition) is 0. The fourth-order valence-electron chi connectivity index (χ4n) is 1.96. The Labute approximate surface area is 136 Å². The Morgan fingerprint density at radius 1 is 1.47 bits per heavy atom. The molecule has 0 aliphatic heterocycles. The second-order valence-electron chi connectivity index (χ2n) is 4.43. The SMILES string of the molecule is O=S(=O)(c1cc(Cl)c(Br)s1)N(CCCCl)C1CCC1. The van der Waals surface area contributed by atoms with E-state index in [4.69, 9.17) is 23.2 Å². The highest BCUT2D eigenvalue weighted by atomic mass is 79.9. The molecular formula is C11H14BrCl2NO2S2. The standard InChI is InChI=1S/C11H14BrCl2NO2S2/c12-11-9(14)7-10(18-11)19(16,17)15(6-2-5-13)8-3-1-4-8/h7-8H,1-6H2. The van der Waals surface area contributed by atoms with E-state index in [0.717, 1.165) is 30.6 Å². The molecule has 0 aromatic carbocycles. The molecule has 2 rings (SSSR count). The number of nitrogens with zero attached hydrogens (tertiary/aromatic N) is 1. The first-order valence-electron chi connectivity index (χ1n) is 5.99. The first-order valence-corrected chi connectivity index (χ1v) is 9.95. The van der Waals surface area contributed by atoms with Crippen LogP contribution in [0.1, 0.15) is 25.7 Å². The lowest BCUT2D eigenvalue weighted by molar-refractivity contribution is 0.220. The van der Waals surface area contributed by atoms with Gasteiger partial charge in [0.2, 0.25) is 0 Å². The van der Waals surface area contributed by atoms with Gasteiger partial charge in [-0.05, 0) is 41.3 Å². The molecule has 3 nitrogen and oxygen atoms in total. The number of hydrogen-bond acceptors (Lipinski definition) is 3. The van der Waals surface area contributed by atoms with Crippen molar-refractivity contribution in [3.05, 3.63) is 14.9 Å². The van der Waals surface area contributed by atoms with Gasteiger partial charge >= 0.3 is 0 Å². The quantitative estimate of drug-likeness (QED) is 0.659. The maximum Gasteiger partial charge on any atom is 0.252 e. The predicted molar refractivity (Wildman–Crippen MR) is 83.9 cm³/mol. The molecule has 0 atom stereocenters. The molecule has 0 saturated heterocycles. The summed E-state index contributed by atoms with van der Waals surface area (Å²) in [7, 11) is -3.46. The molecule has 1 heterocycles. The van der Waals surface area contributed by atoms with E-state index >= 15 is 0 Å². The number of halogens is 3.